The van der Waals surface area contributed by atoms with Crippen molar-refractivity contribution in [3.63, 3.8) is 0 Å². The number of hydrogen-bond donors (Lipinski definition) is 3. The first kappa shape index (κ1) is 22.0. The van der Waals surface area contributed by atoms with Crippen LogP contribution in [0.15, 0.2) is 47.6 Å². The molecule has 3 N–H and O–H groups in total. The van der Waals surface area contributed by atoms with E-state index in [1.807, 2.05) is 13.8 Å². The van der Waals surface area contributed by atoms with E-state index in [-0.39, 0.29) is 0 Å². The predicted octanol–water partition coefficient (Wildman–Crippen LogP) is 5.23. The van der Waals surface area contributed by atoms with Gasteiger partial charge in [-0.05, 0) is 99.0 Å². The van der Waals surface area contributed by atoms with Crippen LogP contribution >= 0.6 is 0 Å². The van der Waals surface area contributed by atoms with Gasteiger partial charge >= 0.3 is 0 Å². The molecule has 4 fully saturated rings. The van der Waals surface area contributed by atoms with Crippen LogP contribution in [0.25, 0.3) is 0 Å². The van der Waals surface area contributed by atoms with Gasteiger partial charge in [-0.1, -0.05) is 43.4 Å². The van der Waals surface area contributed by atoms with Crippen LogP contribution in [0.4, 0.5) is 0 Å². The summed E-state index contributed by atoms with van der Waals surface area (Å²) in [7, 11) is 0. The smallest absolute Gasteiger partial charge is 0.0811 e. The lowest BCUT2D eigenvalue weighted by Crippen LogP contribution is -2.35. The van der Waals surface area contributed by atoms with Crippen molar-refractivity contribution in [1.82, 2.24) is 0 Å². The Morgan fingerprint density at radius 2 is 1.97 bits per heavy atom. The van der Waals surface area contributed by atoms with E-state index in [4.69, 9.17) is 0 Å². The number of aliphatic hydroxyl groups is 3. The van der Waals surface area contributed by atoms with Gasteiger partial charge in [-0.25, -0.2) is 0 Å². The SMILES string of the molecule is C=C1/C(=C\C=C2/CCC[C@@]3(C)[C@H]2CC[C@@]32C[C@H]2/C=C\CC(C)(C)O)C[C@@H](O)C[C@@H]1O. The molecule has 4 aliphatic rings. The van der Waals surface area contributed by atoms with Crippen LogP contribution in [0.5, 0.6) is 0 Å². The molecule has 0 bridgehead atoms. The Bertz CT molecular complexity index is 782. The van der Waals surface area contributed by atoms with Gasteiger partial charge in [0.05, 0.1) is 17.8 Å². The van der Waals surface area contributed by atoms with Gasteiger partial charge in [-0.3, -0.25) is 0 Å². The third kappa shape index (κ3) is 3.89. The fourth-order valence-electron chi connectivity index (χ4n) is 6.92. The second kappa shape index (κ2) is 7.76. The molecule has 3 heteroatoms. The lowest BCUT2D eigenvalue weighted by Gasteiger charge is -2.43. The predicted molar refractivity (Wildman–Crippen MR) is 122 cm³/mol. The van der Waals surface area contributed by atoms with Crippen LogP contribution in [0.2, 0.25) is 0 Å². The van der Waals surface area contributed by atoms with Crippen LogP contribution < -0.4 is 0 Å². The van der Waals surface area contributed by atoms with Gasteiger partial charge in [-0.2, -0.15) is 0 Å². The van der Waals surface area contributed by atoms with Crippen molar-refractivity contribution in [2.45, 2.75) is 96.4 Å². The summed E-state index contributed by atoms with van der Waals surface area (Å²) in [6.45, 7) is 10.3. The molecule has 0 aromatic rings. The molecule has 6 atom stereocenters. The molecule has 0 aromatic heterocycles. The fourth-order valence-corrected chi connectivity index (χ4v) is 6.92. The Hall–Kier alpha value is -1.16. The zero-order valence-electron chi connectivity index (χ0n) is 19.0. The third-order valence-electron chi connectivity index (χ3n) is 8.78. The maximum absolute atomic E-state index is 10.1. The standard InChI is InChI=1S/C27H40O3/c1-18-20(15-22(28)16-24(18)29)10-9-19-7-5-13-26(4)23(19)11-14-27(26)17-21(27)8-6-12-25(2,3)30/h6,8-10,21-24,28-30H,1,5,7,11-17H2,2-4H3/b8-6-,19-9+,20-10-/t21-,22-,23+,24+,26+,27+/m1/s1. The maximum atomic E-state index is 10.1. The highest BCUT2D eigenvalue weighted by molar-refractivity contribution is 5.39. The molecular weight excluding hydrogens is 372 g/mol. The topological polar surface area (TPSA) is 60.7 Å². The summed E-state index contributed by atoms with van der Waals surface area (Å²) in [6.07, 6.45) is 17.3. The Morgan fingerprint density at radius 3 is 2.70 bits per heavy atom. The van der Waals surface area contributed by atoms with Gasteiger partial charge in [0.25, 0.3) is 0 Å². The van der Waals surface area contributed by atoms with Crippen LogP contribution in [-0.4, -0.2) is 33.1 Å². The van der Waals surface area contributed by atoms with E-state index < -0.39 is 17.8 Å². The summed E-state index contributed by atoms with van der Waals surface area (Å²) in [5, 5.41) is 30.2. The molecule has 30 heavy (non-hydrogen) atoms. The number of aliphatic hydroxyl groups excluding tert-OH is 2. The molecule has 4 rings (SSSR count). The fraction of sp³-hybridized carbons (Fsp3) is 0.704. The van der Waals surface area contributed by atoms with Crippen molar-refractivity contribution in [3.8, 4) is 0 Å². The average Bonchev–Trinajstić information content (AvgIpc) is 3.27. The van der Waals surface area contributed by atoms with Crippen LogP contribution in [0.3, 0.4) is 0 Å². The van der Waals surface area contributed by atoms with E-state index in [1.165, 1.54) is 32.1 Å². The van der Waals surface area contributed by atoms with E-state index >= 15 is 0 Å². The van der Waals surface area contributed by atoms with Gasteiger partial charge in [0.1, 0.15) is 0 Å². The van der Waals surface area contributed by atoms with Crippen molar-refractivity contribution < 1.29 is 15.3 Å². The lowest BCUT2D eigenvalue weighted by molar-refractivity contribution is 0.0834. The highest BCUT2D eigenvalue weighted by atomic mass is 16.3. The number of rotatable bonds is 4. The summed E-state index contributed by atoms with van der Waals surface area (Å²) in [5.74, 6) is 1.30. The number of hydrogen-bond acceptors (Lipinski definition) is 3. The van der Waals surface area contributed by atoms with Crippen molar-refractivity contribution in [2.75, 3.05) is 0 Å². The van der Waals surface area contributed by atoms with Crippen molar-refractivity contribution in [2.24, 2.45) is 22.7 Å². The summed E-state index contributed by atoms with van der Waals surface area (Å²) in [4.78, 5) is 0. The summed E-state index contributed by atoms with van der Waals surface area (Å²) in [5.41, 5.74) is 3.52. The van der Waals surface area contributed by atoms with E-state index in [1.54, 1.807) is 5.57 Å². The first-order valence-electron chi connectivity index (χ1n) is 11.9. The van der Waals surface area contributed by atoms with E-state index in [0.717, 1.165) is 24.0 Å². The maximum Gasteiger partial charge on any atom is 0.0811 e. The highest BCUT2D eigenvalue weighted by Gasteiger charge is 2.68. The molecule has 0 aliphatic heterocycles. The van der Waals surface area contributed by atoms with E-state index in [9.17, 15) is 15.3 Å². The Morgan fingerprint density at radius 1 is 1.20 bits per heavy atom. The monoisotopic (exact) mass is 412 g/mol. The van der Waals surface area contributed by atoms with Crippen molar-refractivity contribution in [1.29, 1.82) is 0 Å². The molecule has 0 aromatic carbocycles. The summed E-state index contributed by atoms with van der Waals surface area (Å²) >= 11 is 0. The largest absolute Gasteiger partial charge is 0.393 e. The highest BCUT2D eigenvalue weighted by Crippen LogP contribution is 2.77. The minimum atomic E-state index is -0.626. The second-order valence-electron chi connectivity index (χ2n) is 11.3. The Kier molecular flexibility index (Phi) is 5.70. The molecule has 4 aliphatic carbocycles. The van der Waals surface area contributed by atoms with E-state index in [0.29, 0.717) is 35.5 Å². The van der Waals surface area contributed by atoms with E-state index in [2.05, 4.69) is 37.8 Å². The molecule has 1 spiro atoms. The Balaban J connectivity index is 1.50. The van der Waals surface area contributed by atoms with Gasteiger partial charge in [0, 0.05) is 6.42 Å². The quantitative estimate of drug-likeness (QED) is 0.554. The van der Waals surface area contributed by atoms with Crippen molar-refractivity contribution >= 4 is 0 Å². The molecule has 0 unspecified atom stereocenters. The average molecular weight is 413 g/mol. The molecule has 3 nitrogen and oxygen atoms in total. The Labute approximate surface area is 182 Å². The number of fused-ring (bicyclic) bond motifs is 2. The summed E-state index contributed by atoms with van der Waals surface area (Å²) < 4.78 is 0. The van der Waals surface area contributed by atoms with Crippen LogP contribution in [0, 0.1) is 22.7 Å². The molecule has 0 amide bonds. The molecule has 0 heterocycles. The van der Waals surface area contributed by atoms with Crippen LogP contribution in [0.1, 0.15) is 78.6 Å². The van der Waals surface area contributed by atoms with Gasteiger partial charge in [0.15, 0.2) is 0 Å². The molecular formula is C27H40O3. The second-order valence-corrected chi connectivity index (χ2v) is 11.3. The zero-order valence-corrected chi connectivity index (χ0v) is 19.0. The van der Waals surface area contributed by atoms with Crippen LogP contribution in [-0.2, 0) is 0 Å². The number of allylic oxidation sites excluding steroid dienone is 4. The summed E-state index contributed by atoms with van der Waals surface area (Å²) in [6, 6.07) is 0. The van der Waals surface area contributed by atoms with Gasteiger partial charge in [0.2, 0.25) is 0 Å². The van der Waals surface area contributed by atoms with Crippen molar-refractivity contribution in [3.05, 3.63) is 47.6 Å². The zero-order chi connectivity index (χ0) is 21.7. The minimum absolute atomic E-state index is 0.363. The molecule has 0 radical (unpaired) electrons. The normalized spacial score (nSPS) is 44.4. The lowest BCUT2D eigenvalue weighted by atomic mass is 9.61. The molecule has 0 saturated heterocycles. The third-order valence-corrected chi connectivity index (χ3v) is 8.78. The molecule has 4 saturated carbocycles. The first-order valence-corrected chi connectivity index (χ1v) is 11.9. The van der Waals surface area contributed by atoms with Gasteiger partial charge in [-0.15, -0.1) is 0 Å². The first-order chi connectivity index (χ1) is 14.1. The van der Waals surface area contributed by atoms with Gasteiger partial charge < -0.3 is 15.3 Å². The molecule has 166 valence electrons. The minimum Gasteiger partial charge on any atom is -0.393 e.